The Kier molecular flexibility index (Phi) is 2.24. The maximum absolute atomic E-state index is 6.59. The van der Waals surface area contributed by atoms with Crippen molar-refractivity contribution in [1.29, 1.82) is 0 Å². The van der Waals surface area contributed by atoms with Gasteiger partial charge in [0.1, 0.15) is 0 Å². The molecule has 2 heterocycles. The molecule has 1 aromatic carbocycles. The molecule has 4 atom stereocenters. The molecular formula is C18H18ClN. The lowest BCUT2D eigenvalue weighted by molar-refractivity contribution is 0.410. The van der Waals surface area contributed by atoms with Crippen molar-refractivity contribution in [2.45, 2.75) is 24.7 Å². The maximum atomic E-state index is 6.59. The minimum absolute atomic E-state index is 0.552. The molecule has 2 aliphatic carbocycles. The van der Waals surface area contributed by atoms with Gasteiger partial charge in [-0.3, -0.25) is 0 Å². The van der Waals surface area contributed by atoms with Gasteiger partial charge in [-0.25, -0.2) is 0 Å². The summed E-state index contributed by atoms with van der Waals surface area (Å²) in [6.45, 7) is 2.42. The first-order valence-electron chi connectivity index (χ1n) is 7.73. The van der Waals surface area contributed by atoms with Crippen LogP contribution < -0.4 is 4.90 Å². The smallest absolute Gasteiger partial charge is 0.0465 e. The van der Waals surface area contributed by atoms with E-state index in [-0.39, 0.29) is 0 Å². The van der Waals surface area contributed by atoms with Crippen molar-refractivity contribution in [3.8, 4) is 0 Å². The zero-order chi connectivity index (χ0) is 13.3. The molecule has 0 radical (unpaired) electrons. The van der Waals surface area contributed by atoms with E-state index < -0.39 is 0 Å². The average molecular weight is 284 g/mol. The van der Waals surface area contributed by atoms with E-state index in [1.807, 2.05) is 0 Å². The predicted octanol–water partition coefficient (Wildman–Crippen LogP) is 4.49. The fraction of sp³-hybridized carbons (Fsp3) is 0.444. The van der Waals surface area contributed by atoms with Gasteiger partial charge in [-0.2, -0.15) is 0 Å². The molecule has 0 aromatic heterocycles. The first-order valence-corrected chi connectivity index (χ1v) is 8.11. The summed E-state index contributed by atoms with van der Waals surface area (Å²) in [5.41, 5.74) is 4.40. The predicted molar refractivity (Wildman–Crippen MR) is 83.6 cm³/mol. The van der Waals surface area contributed by atoms with Gasteiger partial charge in [-0.05, 0) is 36.3 Å². The molecule has 0 N–H and O–H groups in total. The van der Waals surface area contributed by atoms with Crippen molar-refractivity contribution in [2.24, 2.45) is 11.8 Å². The van der Waals surface area contributed by atoms with Crippen LogP contribution in [-0.2, 0) is 0 Å². The van der Waals surface area contributed by atoms with Gasteiger partial charge in [0.25, 0.3) is 0 Å². The minimum Gasteiger partial charge on any atom is -0.370 e. The molecule has 4 aliphatic rings. The van der Waals surface area contributed by atoms with E-state index in [1.54, 1.807) is 0 Å². The Labute approximate surface area is 124 Å². The molecule has 2 aliphatic heterocycles. The SMILES string of the molecule is Clc1ccc2c3c1C1C=CCC1CN3CC1CC=CC21. The number of anilines is 1. The first-order chi connectivity index (χ1) is 9.83. The van der Waals surface area contributed by atoms with Gasteiger partial charge in [0.15, 0.2) is 0 Å². The van der Waals surface area contributed by atoms with Crippen LogP contribution in [0.5, 0.6) is 0 Å². The van der Waals surface area contributed by atoms with Crippen molar-refractivity contribution < 1.29 is 0 Å². The van der Waals surface area contributed by atoms with Gasteiger partial charge in [-0.15, -0.1) is 0 Å². The number of hydrogen-bond acceptors (Lipinski definition) is 1. The Morgan fingerprint density at radius 2 is 1.65 bits per heavy atom. The number of rotatable bonds is 0. The summed E-state index contributed by atoms with van der Waals surface area (Å²) in [6, 6.07) is 4.41. The fourth-order valence-electron chi connectivity index (χ4n) is 4.84. The summed E-state index contributed by atoms with van der Waals surface area (Å²) < 4.78 is 0. The van der Waals surface area contributed by atoms with Crippen molar-refractivity contribution in [3.63, 3.8) is 0 Å². The van der Waals surface area contributed by atoms with Crippen molar-refractivity contribution in [3.05, 3.63) is 52.6 Å². The van der Waals surface area contributed by atoms with Gasteiger partial charge >= 0.3 is 0 Å². The number of halogens is 1. The van der Waals surface area contributed by atoms with E-state index in [0.29, 0.717) is 11.8 Å². The molecule has 0 saturated heterocycles. The second kappa shape index (κ2) is 3.92. The quantitative estimate of drug-likeness (QED) is 0.634. The highest BCUT2D eigenvalue weighted by atomic mass is 35.5. The lowest BCUT2D eigenvalue weighted by atomic mass is 9.75. The average Bonchev–Trinajstić information content (AvgIpc) is 3.08. The van der Waals surface area contributed by atoms with E-state index >= 15 is 0 Å². The van der Waals surface area contributed by atoms with Crippen molar-refractivity contribution >= 4 is 17.3 Å². The molecule has 0 amide bonds. The number of benzene rings is 1. The molecule has 20 heavy (non-hydrogen) atoms. The molecule has 1 aromatic rings. The number of allylic oxidation sites excluding steroid dienone is 4. The van der Waals surface area contributed by atoms with E-state index in [1.165, 1.54) is 42.7 Å². The highest BCUT2D eigenvalue weighted by Gasteiger charge is 2.42. The first kappa shape index (κ1) is 11.4. The van der Waals surface area contributed by atoms with E-state index in [0.717, 1.165) is 16.9 Å². The summed E-state index contributed by atoms with van der Waals surface area (Å²) in [5, 5.41) is 0.968. The summed E-state index contributed by atoms with van der Waals surface area (Å²) in [4.78, 5) is 2.64. The van der Waals surface area contributed by atoms with E-state index in [9.17, 15) is 0 Å². The van der Waals surface area contributed by atoms with Crippen molar-refractivity contribution in [2.75, 3.05) is 18.0 Å². The Morgan fingerprint density at radius 3 is 2.45 bits per heavy atom. The zero-order valence-corrected chi connectivity index (χ0v) is 12.2. The third-order valence-electron chi connectivity index (χ3n) is 5.69. The van der Waals surface area contributed by atoms with Crippen LogP contribution in [0, 0.1) is 11.8 Å². The highest BCUT2D eigenvalue weighted by Crippen LogP contribution is 2.54. The molecule has 1 nitrogen and oxygen atoms in total. The molecule has 0 bridgehead atoms. The monoisotopic (exact) mass is 283 g/mol. The number of nitrogens with zero attached hydrogens (tertiary/aromatic N) is 1. The van der Waals surface area contributed by atoms with Gasteiger partial charge in [0.2, 0.25) is 0 Å². The molecule has 0 spiro atoms. The van der Waals surface area contributed by atoms with Crippen LogP contribution >= 0.6 is 11.6 Å². The molecule has 0 saturated carbocycles. The van der Waals surface area contributed by atoms with Gasteiger partial charge < -0.3 is 4.90 Å². The van der Waals surface area contributed by atoms with Crippen LogP contribution in [0.4, 0.5) is 5.69 Å². The summed E-state index contributed by atoms with van der Waals surface area (Å²) in [7, 11) is 0. The van der Waals surface area contributed by atoms with Crippen molar-refractivity contribution in [1.82, 2.24) is 0 Å². The second-order valence-electron chi connectivity index (χ2n) is 6.70. The Bertz CT molecular complexity index is 643. The molecule has 2 heteroatoms. The third-order valence-corrected chi connectivity index (χ3v) is 6.02. The summed E-state index contributed by atoms with van der Waals surface area (Å²) >= 11 is 6.59. The summed E-state index contributed by atoms with van der Waals surface area (Å²) in [6.07, 6.45) is 12.0. The number of fused-ring (bicyclic) bond motifs is 4. The van der Waals surface area contributed by atoms with Gasteiger partial charge in [0.05, 0.1) is 0 Å². The van der Waals surface area contributed by atoms with E-state index in [2.05, 4.69) is 41.3 Å². The largest absolute Gasteiger partial charge is 0.370 e. The fourth-order valence-corrected chi connectivity index (χ4v) is 5.11. The van der Waals surface area contributed by atoms with Crippen LogP contribution in [0.3, 0.4) is 0 Å². The molecule has 0 fully saturated rings. The maximum Gasteiger partial charge on any atom is 0.0465 e. The standard InChI is InChI=1S/C18H18ClN/c19-16-8-7-15-13-5-1-3-11(13)9-20-10-12-4-2-6-14(12)17(16)18(15)20/h1-2,5-8,11-14H,3-4,9-10H2. The van der Waals surface area contributed by atoms with Crippen LogP contribution in [0.15, 0.2) is 36.4 Å². The minimum atomic E-state index is 0.552. The summed E-state index contributed by atoms with van der Waals surface area (Å²) in [5.74, 6) is 2.69. The van der Waals surface area contributed by atoms with E-state index in [4.69, 9.17) is 11.6 Å². The van der Waals surface area contributed by atoms with Crippen LogP contribution in [-0.4, -0.2) is 13.1 Å². The second-order valence-corrected chi connectivity index (χ2v) is 7.11. The van der Waals surface area contributed by atoms with Crippen LogP contribution in [0.25, 0.3) is 0 Å². The Hall–Kier alpha value is -1.21. The zero-order valence-electron chi connectivity index (χ0n) is 11.4. The highest BCUT2D eigenvalue weighted by molar-refractivity contribution is 6.32. The van der Waals surface area contributed by atoms with Crippen LogP contribution in [0.2, 0.25) is 5.02 Å². The third kappa shape index (κ3) is 1.34. The lowest BCUT2D eigenvalue weighted by Crippen LogP contribution is -2.43. The molecule has 5 rings (SSSR count). The molecule has 102 valence electrons. The van der Waals surface area contributed by atoms with Gasteiger partial charge in [0, 0.05) is 41.2 Å². The van der Waals surface area contributed by atoms with Gasteiger partial charge in [-0.1, -0.05) is 42.0 Å². The molecular weight excluding hydrogens is 266 g/mol. The Morgan fingerprint density at radius 1 is 0.950 bits per heavy atom. The lowest BCUT2D eigenvalue weighted by Gasteiger charge is -2.46. The topological polar surface area (TPSA) is 3.24 Å². The van der Waals surface area contributed by atoms with Crippen LogP contribution in [0.1, 0.15) is 35.8 Å². The Balaban J connectivity index is 1.77. The molecule has 4 unspecified atom stereocenters. The number of hydrogen-bond donors (Lipinski definition) is 0. The normalized spacial score (nSPS) is 36.0.